The Kier molecular flexibility index (Phi) is 6.71. The second kappa shape index (κ2) is 9.43. The number of methoxy groups -OCH3 is 1. The Morgan fingerprint density at radius 1 is 1.00 bits per heavy atom. The van der Waals surface area contributed by atoms with Crippen LogP contribution in [0.4, 0.5) is 5.69 Å². The first-order valence-electron chi connectivity index (χ1n) is 8.74. The van der Waals surface area contributed by atoms with Gasteiger partial charge in [0.15, 0.2) is 0 Å². The van der Waals surface area contributed by atoms with Gasteiger partial charge in [-0.25, -0.2) is 13.8 Å². The molecule has 0 unspecified atom stereocenters. The normalized spacial score (nSPS) is 11.3. The molecule has 2 N–H and O–H groups in total. The van der Waals surface area contributed by atoms with E-state index in [1.165, 1.54) is 49.7 Å². The van der Waals surface area contributed by atoms with Gasteiger partial charge in [0, 0.05) is 10.6 Å². The first kappa shape index (κ1) is 21.4. The molecule has 3 aromatic rings. The topological polar surface area (TPSA) is 96.9 Å². The largest absolute Gasteiger partial charge is 0.496 e. The number of sulfonamides is 1. The third-order valence-electron chi connectivity index (χ3n) is 4.05. The van der Waals surface area contributed by atoms with Crippen LogP contribution in [0.25, 0.3) is 0 Å². The van der Waals surface area contributed by atoms with Crippen molar-refractivity contribution in [3.8, 4) is 5.75 Å². The smallest absolute Gasteiger partial charge is 0.273 e. The number of carbonyl (C=O) groups is 1. The van der Waals surface area contributed by atoms with Crippen molar-refractivity contribution in [3.63, 3.8) is 0 Å². The summed E-state index contributed by atoms with van der Waals surface area (Å²) in [6, 6.07) is 19.1. The number of nitrogens with one attached hydrogen (secondary N) is 2. The number of hydrogen-bond donors (Lipinski definition) is 2. The Bertz CT molecular complexity index is 1180. The van der Waals surface area contributed by atoms with Crippen molar-refractivity contribution in [2.24, 2.45) is 5.10 Å². The van der Waals surface area contributed by atoms with Gasteiger partial charge >= 0.3 is 0 Å². The fourth-order valence-corrected chi connectivity index (χ4v) is 3.79. The van der Waals surface area contributed by atoms with Crippen molar-refractivity contribution in [3.05, 3.63) is 88.9 Å². The molecule has 3 rings (SSSR count). The van der Waals surface area contributed by atoms with Crippen LogP contribution in [0.15, 0.2) is 82.8 Å². The molecule has 0 aliphatic carbocycles. The van der Waals surface area contributed by atoms with Crippen LogP contribution in [-0.4, -0.2) is 27.6 Å². The van der Waals surface area contributed by atoms with Crippen LogP contribution in [0, 0.1) is 0 Å². The second-order valence-corrected chi connectivity index (χ2v) is 8.16. The summed E-state index contributed by atoms with van der Waals surface area (Å²) in [5.74, 6) is 0.0298. The number of ether oxygens (including phenoxy) is 1. The number of amides is 1. The van der Waals surface area contributed by atoms with Crippen LogP contribution in [0.2, 0.25) is 5.02 Å². The molecule has 0 saturated carbocycles. The van der Waals surface area contributed by atoms with Gasteiger partial charge in [-0.2, -0.15) is 5.10 Å². The van der Waals surface area contributed by atoms with E-state index in [0.29, 0.717) is 16.3 Å². The van der Waals surface area contributed by atoms with Crippen LogP contribution < -0.4 is 14.9 Å². The number of nitrogens with zero attached hydrogens (tertiary/aromatic N) is 1. The van der Waals surface area contributed by atoms with E-state index in [1.807, 2.05) is 12.1 Å². The van der Waals surface area contributed by atoms with E-state index >= 15 is 0 Å². The molecule has 0 aliphatic heterocycles. The summed E-state index contributed by atoms with van der Waals surface area (Å²) in [6.07, 6.45) is 1.44. The summed E-state index contributed by atoms with van der Waals surface area (Å²) in [5, 5.41) is 4.35. The molecule has 0 spiro atoms. The van der Waals surface area contributed by atoms with Crippen molar-refractivity contribution in [1.82, 2.24) is 5.43 Å². The molecule has 0 saturated heterocycles. The number of hydrazone groups is 1. The first-order chi connectivity index (χ1) is 14.4. The monoisotopic (exact) mass is 443 g/mol. The minimum Gasteiger partial charge on any atom is -0.496 e. The van der Waals surface area contributed by atoms with Gasteiger partial charge in [-0.3, -0.25) is 9.52 Å². The van der Waals surface area contributed by atoms with Crippen LogP contribution in [0.5, 0.6) is 5.75 Å². The summed E-state index contributed by atoms with van der Waals surface area (Å²) in [6.45, 7) is 0. The zero-order valence-electron chi connectivity index (χ0n) is 15.9. The molecule has 30 heavy (non-hydrogen) atoms. The summed E-state index contributed by atoms with van der Waals surface area (Å²) in [4.78, 5) is 12.6. The van der Waals surface area contributed by atoms with Crippen molar-refractivity contribution in [2.45, 2.75) is 4.90 Å². The predicted molar refractivity (Wildman–Crippen MR) is 117 cm³/mol. The van der Waals surface area contributed by atoms with E-state index in [4.69, 9.17) is 16.3 Å². The average molecular weight is 444 g/mol. The number of carbonyl (C=O) groups excluding carboxylic acids is 1. The van der Waals surface area contributed by atoms with Gasteiger partial charge in [0.25, 0.3) is 15.9 Å². The Morgan fingerprint density at radius 3 is 2.40 bits per heavy atom. The Balaban J connectivity index is 1.78. The fourth-order valence-electron chi connectivity index (χ4n) is 2.58. The molecule has 1 amide bonds. The van der Waals surface area contributed by atoms with Crippen LogP contribution >= 0.6 is 11.6 Å². The number of para-hydroxylation sites is 2. The molecular formula is C21H18ClN3O4S. The van der Waals surface area contributed by atoms with E-state index in [9.17, 15) is 13.2 Å². The van der Waals surface area contributed by atoms with E-state index in [2.05, 4.69) is 15.2 Å². The summed E-state index contributed by atoms with van der Waals surface area (Å²) >= 11 is 5.81. The zero-order valence-corrected chi connectivity index (χ0v) is 17.4. The van der Waals surface area contributed by atoms with E-state index in [-0.39, 0.29) is 16.1 Å². The lowest BCUT2D eigenvalue weighted by molar-refractivity contribution is 0.0956. The van der Waals surface area contributed by atoms with Crippen LogP contribution in [0.3, 0.4) is 0 Å². The summed E-state index contributed by atoms with van der Waals surface area (Å²) < 4.78 is 32.9. The maximum absolute atomic E-state index is 12.6. The maximum Gasteiger partial charge on any atom is 0.273 e. The Hall–Kier alpha value is -3.36. The van der Waals surface area contributed by atoms with Crippen molar-refractivity contribution < 1.29 is 17.9 Å². The highest BCUT2D eigenvalue weighted by Gasteiger charge is 2.18. The standard InChI is InChI=1S/C21H18ClN3O4S/c1-29-20-9-5-2-6-15(20)14-23-24-21(26)18-7-3-4-8-19(18)25-30(27,28)17-12-10-16(22)11-13-17/h2-14,25H,1H3,(H,24,26)/b23-14-. The molecular weight excluding hydrogens is 426 g/mol. The minimum atomic E-state index is -3.90. The van der Waals surface area contributed by atoms with Gasteiger partial charge in [0.05, 0.1) is 29.5 Å². The molecule has 3 aromatic carbocycles. The van der Waals surface area contributed by atoms with E-state index in [1.54, 1.807) is 24.3 Å². The van der Waals surface area contributed by atoms with Gasteiger partial charge < -0.3 is 4.74 Å². The second-order valence-electron chi connectivity index (χ2n) is 6.05. The molecule has 0 bridgehead atoms. The quantitative estimate of drug-likeness (QED) is 0.427. The zero-order chi connectivity index (χ0) is 21.6. The van der Waals surface area contributed by atoms with Crippen molar-refractivity contribution >= 4 is 39.4 Å². The lowest BCUT2D eigenvalue weighted by Crippen LogP contribution is -2.21. The molecule has 0 atom stereocenters. The number of rotatable bonds is 7. The highest BCUT2D eigenvalue weighted by atomic mass is 35.5. The molecule has 0 aromatic heterocycles. The number of anilines is 1. The number of benzene rings is 3. The summed E-state index contributed by atoms with van der Waals surface area (Å²) in [5.41, 5.74) is 3.31. The lowest BCUT2D eigenvalue weighted by atomic mass is 10.2. The van der Waals surface area contributed by atoms with Gasteiger partial charge in [0.1, 0.15) is 5.75 Å². The molecule has 0 aliphatic rings. The van der Waals surface area contributed by atoms with Gasteiger partial charge in [0.2, 0.25) is 0 Å². The maximum atomic E-state index is 12.6. The van der Waals surface area contributed by atoms with Gasteiger partial charge in [-0.15, -0.1) is 0 Å². The molecule has 7 nitrogen and oxygen atoms in total. The molecule has 154 valence electrons. The molecule has 0 fully saturated rings. The SMILES string of the molecule is COc1ccccc1/C=N\NC(=O)c1ccccc1NS(=O)(=O)c1ccc(Cl)cc1. The molecule has 0 heterocycles. The Morgan fingerprint density at radius 2 is 1.67 bits per heavy atom. The number of hydrogen-bond acceptors (Lipinski definition) is 5. The third kappa shape index (κ3) is 5.16. The Labute approximate surface area is 179 Å². The van der Waals surface area contributed by atoms with Crippen LogP contribution in [0.1, 0.15) is 15.9 Å². The predicted octanol–water partition coefficient (Wildman–Crippen LogP) is 3.91. The van der Waals surface area contributed by atoms with Crippen molar-refractivity contribution in [1.29, 1.82) is 0 Å². The first-order valence-corrected chi connectivity index (χ1v) is 10.6. The fraction of sp³-hybridized carbons (Fsp3) is 0.0476. The van der Waals surface area contributed by atoms with E-state index < -0.39 is 15.9 Å². The summed E-state index contributed by atoms with van der Waals surface area (Å²) in [7, 11) is -2.37. The average Bonchev–Trinajstić information content (AvgIpc) is 2.74. The van der Waals surface area contributed by atoms with Crippen molar-refractivity contribution in [2.75, 3.05) is 11.8 Å². The van der Waals surface area contributed by atoms with E-state index in [0.717, 1.165) is 0 Å². The molecule has 0 radical (unpaired) electrons. The van der Waals surface area contributed by atoms with Crippen LogP contribution in [-0.2, 0) is 10.0 Å². The van der Waals surface area contributed by atoms with Gasteiger partial charge in [-0.05, 0) is 48.5 Å². The third-order valence-corrected chi connectivity index (χ3v) is 5.68. The molecule has 9 heteroatoms. The highest BCUT2D eigenvalue weighted by molar-refractivity contribution is 7.92. The minimum absolute atomic E-state index is 0.0244. The number of halogens is 1. The lowest BCUT2D eigenvalue weighted by Gasteiger charge is -2.12. The highest BCUT2D eigenvalue weighted by Crippen LogP contribution is 2.21. The van der Waals surface area contributed by atoms with Gasteiger partial charge in [-0.1, -0.05) is 35.9 Å².